The van der Waals surface area contributed by atoms with Crippen molar-refractivity contribution in [2.45, 2.75) is 118 Å². The number of carbonyl (C=O) groups excluding carboxylic acids is 7. The van der Waals surface area contributed by atoms with E-state index in [4.69, 9.17) is 61.8 Å². The molecule has 1 saturated carbocycles. The van der Waals surface area contributed by atoms with Gasteiger partial charge in [0.05, 0.1) is 160 Å². The normalized spacial score (nSPS) is 17.3. The zero-order valence-corrected chi connectivity index (χ0v) is 56.6. The Kier molecular flexibility index (Phi) is 31.7. The van der Waals surface area contributed by atoms with Crippen molar-refractivity contribution in [3.05, 3.63) is 80.9 Å². The molecule has 3 aromatic heterocycles. The van der Waals surface area contributed by atoms with Gasteiger partial charge in [-0.15, -0.1) is 5.10 Å². The maximum Gasteiger partial charge on any atom is 0.509 e. The van der Waals surface area contributed by atoms with Gasteiger partial charge in [-0.25, -0.2) is 19.3 Å². The highest BCUT2D eigenvalue weighted by atomic mass is 16.7. The Morgan fingerprint density at radius 1 is 0.722 bits per heavy atom. The molecule has 4 N–H and O–H groups in total. The van der Waals surface area contributed by atoms with E-state index in [-0.39, 0.29) is 98.2 Å². The average Bonchev–Trinajstić information content (AvgIpc) is 1.63. The number of nitrogens with zero attached hydrogens (tertiary/aromatic N) is 6. The molecule has 0 bridgehead atoms. The molecule has 2 unspecified atom stereocenters. The fourth-order valence-corrected chi connectivity index (χ4v) is 11.4. The lowest BCUT2D eigenvalue weighted by atomic mass is 9.81. The van der Waals surface area contributed by atoms with Gasteiger partial charge in [-0.1, -0.05) is 46.8 Å². The molecule has 1 fully saturated rings. The largest absolute Gasteiger partial charge is 0.509 e. The summed E-state index contributed by atoms with van der Waals surface area (Å²) in [6, 6.07) is 5.84. The van der Waals surface area contributed by atoms with Crippen molar-refractivity contribution >= 4 is 52.6 Å². The summed E-state index contributed by atoms with van der Waals surface area (Å²) in [6.45, 7) is 17.5. The number of phenols is 1. The number of ether oxygens (including phenoxy) is 12. The zero-order chi connectivity index (χ0) is 69.5. The second-order valence-corrected chi connectivity index (χ2v) is 23.4. The third-order valence-corrected chi connectivity index (χ3v) is 16.6. The van der Waals surface area contributed by atoms with Crippen LogP contribution in [-0.2, 0) is 124 Å². The first kappa shape index (κ1) is 76.6. The smallest absolute Gasteiger partial charge is 0.508 e. The van der Waals surface area contributed by atoms with Crippen LogP contribution in [0.4, 0.5) is 4.79 Å². The number of esters is 1. The number of rotatable bonds is 43. The van der Waals surface area contributed by atoms with Gasteiger partial charge in [-0.3, -0.25) is 33.7 Å². The number of cyclic esters (lactones) is 1. The van der Waals surface area contributed by atoms with Gasteiger partial charge in [0, 0.05) is 47.7 Å². The van der Waals surface area contributed by atoms with E-state index in [1.807, 2.05) is 20.8 Å². The quantitative estimate of drug-likeness (QED) is 0.0246. The molecule has 2 atom stereocenters. The van der Waals surface area contributed by atoms with Crippen molar-refractivity contribution < 1.29 is 95.5 Å². The van der Waals surface area contributed by atoms with Crippen LogP contribution in [0.5, 0.6) is 5.75 Å². The molecule has 4 aromatic rings. The van der Waals surface area contributed by atoms with E-state index in [1.54, 1.807) is 54.4 Å². The summed E-state index contributed by atoms with van der Waals surface area (Å²) >= 11 is 0. The number of aromatic hydroxyl groups is 1. The van der Waals surface area contributed by atoms with Gasteiger partial charge < -0.3 is 82.5 Å². The number of benzene rings is 1. The van der Waals surface area contributed by atoms with Crippen LogP contribution in [0, 0.1) is 17.8 Å². The Bertz CT molecular complexity index is 3310. The Labute approximate surface area is 563 Å². The SMILES string of the molecule is CC.CCc1c2c(nc3ccc(O)cc13)-c1cc3c(c(=O)n1C2)COC(=O)C3(CC)OC(=O)OCC(NC(=O)COCC(=O)NCCOCCOCCOCCOCCOCCOCCOCCOCCn1cc(CNC(=O)C2CCC(CN3C(=O)C=CC3=O)CC2)nn1)C(C)C. The van der Waals surface area contributed by atoms with E-state index in [0.717, 1.165) is 29.4 Å². The van der Waals surface area contributed by atoms with Crippen molar-refractivity contribution in [1.29, 1.82) is 0 Å². The minimum atomic E-state index is -2.02. The van der Waals surface area contributed by atoms with Gasteiger partial charge >= 0.3 is 12.1 Å². The van der Waals surface area contributed by atoms with Crippen molar-refractivity contribution in [2.24, 2.45) is 17.8 Å². The molecule has 1 aliphatic carbocycles. The number of hydrogen-bond donors (Lipinski definition) is 4. The molecule has 1 aromatic carbocycles. The second kappa shape index (κ2) is 40.2. The zero-order valence-electron chi connectivity index (χ0n) is 56.6. The fraction of sp³-hybridized carbons (Fsp3) is 0.627. The van der Waals surface area contributed by atoms with E-state index >= 15 is 0 Å². The molecule has 30 nitrogen and oxygen atoms in total. The predicted octanol–water partition coefficient (Wildman–Crippen LogP) is 3.58. The summed E-state index contributed by atoms with van der Waals surface area (Å²) in [5, 5.41) is 27.6. The molecule has 0 spiro atoms. The van der Waals surface area contributed by atoms with Crippen molar-refractivity contribution in [3.63, 3.8) is 0 Å². The highest BCUT2D eigenvalue weighted by Gasteiger charge is 2.51. The van der Waals surface area contributed by atoms with Gasteiger partial charge in [0.15, 0.2) is 0 Å². The van der Waals surface area contributed by atoms with E-state index < -0.39 is 54.4 Å². The van der Waals surface area contributed by atoms with E-state index in [2.05, 4.69) is 26.3 Å². The molecule has 30 heteroatoms. The molecule has 4 aliphatic rings. The fourth-order valence-electron chi connectivity index (χ4n) is 11.4. The Morgan fingerprint density at radius 2 is 1.31 bits per heavy atom. The monoisotopic (exact) mass is 1360 g/mol. The maximum atomic E-state index is 14.1. The second-order valence-electron chi connectivity index (χ2n) is 23.4. The molecule has 3 aliphatic heterocycles. The summed E-state index contributed by atoms with van der Waals surface area (Å²) in [4.78, 5) is 109. The first-order chi connectivity index (χ1) is 47.1. The van der Waals surface area contributed by atoms with Gasteiger partial charge in [0.25, 0.3) is 17.4 Å². The number of fused-ring (bicyclic) bond motifs is 5. The summed E-state index contributed by atoms with van der Waals surface area (Å²) in [5.41, 5.74) is 1.91. The molecule has 0 saturated heterocycles. The van der Waals surface area contributed by atoms with Crippen LogP contribution in [0.1, 0.15) is 102 Å². The third kappa shape index (κ3) is 22.6. The van der Waals surface area contributed by atoms with Crippen LogP contribution in [0.2, 0.25) is 0 Å². The van der Waals surface area contributed by atoms with Crippen molar-refractivity contribution in [2.75, 3.05) is 139 Å². The molecule has 0 radical (unpaired) electrons. The van der Waals surface area contributed by atoms with Crippen LogP contribution in [0.3, 0.4) is 0 Å². The minimum absolute atomic E-state index is 0.0260. The number of hydrogen-bond acceptors (Lipinski definition) is 24. The molecule has 6 heterocycles. The van der Waals surface area contributed by atoms with Crippen LogP contribution >= 0.6 is 0 Å². The molecule has 8 rings (SSSR count). The Balaban J connectivity index is 0.00000657. The van der Waals surface area contributed by atoms with E-state index in [9.17, 15) is 43.5 Å². The Morgan fingerprint density at radius 3 is 1.90 bits per heavy atom. The topological polar surface area (TPSA) is 355 Å². The number of carbonyl (C=O) groups is 7. The highest BCUT2D eigenvalue weighted by molar-refractivity contribution is 6.12. The summed E-state index contributed by atoms with van der Waals surface area (Å²) < 4.78 is 69.7. The van der Waals surface area contributed by atoms with Crippen LogP contribution in [0.15, 0.2) is 47.4 Å². The third-order valence-electron chi connectivity index (χ3n) is 16.6. The molecule has 97 heavy (non-hydrogen) atoms. The number of nitrogens with one attached hydrogen (secondary N) is 3. The molecule has 534 valence electrons. The molecular weight excluding hydrogens is 1270 g/mol. The van der Waals surface area contributed by atoms with Gasteiger partial charge in [-0.2, -0.15) is 0 Å². The van der Waals surface area contributed by atoms with Crippen LogP contribution in [-0.4, -0.2) is 221 Å². The predicted molar refractivity (Wildman–Crippen MR) is 347 cm³/mol. The molecular formula is C67H95N9O21. The lowest BCUT2D eigenvalue weighted by Crippen LogP contribution is -2.48. The summed E-state index contributed by atoms with van der Waals surface area (Å²) in [5.74, 6) is -2.49. The molecule has 5 amide bonds. The summed E-state index contributed by atoms with van der Waals surface area (Å²) in [6.07, 6.45) is 6.67. The number of pyridine rings is 2. The Hall–Kier alpha value is -7.81. The highest BCUT2D eigenvalue weighted by Crippen LogP contribution is 2.43. The average molecular weight is 1360 g/mol. The van der Waals surface area contributed by atoms with Gasteiger partial charge in [0.2, 0.25) is 23.3 Å². The minimum Gasteiger partial charge on any atom is -0.508 e. The van der Waals surface area contributed by atoms with Crippen LogP contribution < -0.4 is 21.5 Å². The standard InChI is InChI=1S/C65H89N9O21.C2H6/c1-5-48-49-33-47(75)11-12-53(49)69-60-50(48)38-73-55(60)34-52-51(62(73)81)39-93-63(82)65(52,6-2)95-64(83)94-40-54(43(3)4)68-57(77)42-92-41-56(76)66-15-17-84-19-21-86-23-25-88-27-29-90-31-32-91-30-28-89-26-24-87-22-20-85-18-16-72-37-46(70-71-72)35-67-61(80)45-9-7-44(8-10-45)36-74-58(78)13-14-59(74)79;1-2/h11-14,33-34,37,43-45,54,75H,5-10,15-32,35-36,38-42H2,1-4H3,(H,66,76)(H,67,80)(H,68,77);1-2H3. The van der Waals surface area contributed by atoms with E-state index in [1.165, 1.54) is 23.1 Å². The van der Waals surface area contributed by atoms with Gasteiger partial charge in [-0.05, 0) is 80.2 Å². The number of aromatic nitrogens is 5. The first-order valence-corrected chi connectivity index (χ1v) is 33.5. The number of phenolic OH excluding ortho intramolecular Hbond substituents is 1. The number of imide groups is 1. The lowest BCUT2D eigenvalue weighted by Gasteiger charge is -2.35. The van der Waals surface area contributed by atoms with Gasteiger partial charge in [0.1, 0.15) is 37.9 Å². The first-order valence-electron chi connectivity index (χ1n) is 33.5. The number of aryl methyl sites for hydroxylation is 1. The summed E-state index contributed by atoms with van der Waals surface area (Å²) in [7, 11) is 0. The maximum absolute atomic E-state index is 14.1. The van der Waals surface area contributed by atoms with Crippen LogP contribution in [0.25, 0.3) is 22.3 Å². The van der Waals surface area contributed by atoms with E-state index in [0.29, 0.717) is 154 Å². The van der Waals surface area contributed by atoms with Crippen molar-refractivity contribution in [1.82, 2.24) is 45.4 Å². The van der Waals surface area contributed by atoms with Crippen molar-refractivity contribution in [3.8, 4) is 17.1 Å². The number of amides is 5. The lowest BCUT2D eigenvalue weighted by molar-refractivity contribution is -0.175.